The fourth-order valence-electron chi connectivity index (χ4n) is 2.58. The number of hydrogen-bond donors (Lipinski definition) is 2. The van der Waals surface area contributed by atoms with Crippen LogP contribution in [-0.2, 0) is 11.3 Å². The molecule has 144 valence electrons. The maximum atomic E-state index is 12.4. The highest BCUT2D eigenvalue weighted by atomic mass is 35.5. The number of anilines is 2. The molecule has 0 unspecified atom stereocenters. The molecule has 5 nitrogen and oxygen atoms in total. The number of benzene rings is 2. The second kappa shape index (κ2) is 9.88. The van der Waals surface area contributed by atoms with Gasteiger partial charge in [-0.1, -0.05) is 23.7 Å². The van der Waals surface area contributed by atoms with Gasteiger partial charge >= 0.3 is 0 Å². The highest BCUT2D eigenvalue weighted by Gasteiger charge is 2.14. The van der Waals surface area contributed by atoms with Gasteiger partial charge in [0.2, 0.25) is 6.54 Å². The summed E-state index contributed by atoms with van der Waals surface area (Å²) in [5.74, 6) is -0.424. The van der Waals surface area contributed by atoms with Crippen LogP contribution in [0.4, 0.5) is 11.4 Å². The summed E-state index contributed by atoms with van der Waals surface area (Å²) in [6.07, 6.45) is 3.39. The lowest BCUT2D eigenvalue weighted by molar-refractivity contribution is -0.684. The molecule has 3 aromatic rings. The third-order valence-electron chi connectivity index (χ3n) is 3.85. The highest BCUT2D eigenvalue weighted by molar-refractivity contribution is 6.30. The molecule has 2 aromatic carbocycles. The first-order chi connectivity index (χ1) is 13.0. The molecule has 7 heteroatoms. The minimum Gasteiger partial charge on any atom is -1.00 e. The molecular formula is C21H19Cl2N3O2. The first-order valence-corrected chi connectivity index (χ1v) is 8.80. The molecule has 0 radical (unpaired) electrons. The van der Waals surface area contributed by atoms with Crippen LogP contribution in [0.1, 0.15) is 15.9 Å². The molecule has 1 aromatic heterocycles. The largest absolute Gasteiger partial charge is 1.00 e. The number of aromatic nitrogens is 1. The molecule has 0 bridgehead atoms. The summed E-state index contributed by atoms with van der Waals surface area (Å²) in [5, 5.41) is 6.26. The summed E-state index contributed by atoms with van der Waals surface area (Å²) in [6.45, 7) is 2.06. The third-order valence-corrected chi connectivity index (χ3v) is 4.10. The van der Waals surface area contributed by atoms with Crippen LogP contribution in [0.15, 0.2) is 73.1 Å². The van der Waals surface area contributed by atoms with Gasteiger partial charge in [-0.15, -0.1) is 0 Å². The lowest BCUT2D eigenvalue weighted by Gasteiger charge is -2.06. The topological polar surface area (TPSA) is 62.1 Å². The monoisotopic (exact) mass is 415 g/mol. The van der Waals surface area contributed by atoms with Crippen LogP contribution >= 0.6 is 11.6 Å². The van der Waals surface area contributed by atoms with E-state index < -0.39 is 0 Å². The first-order valence-electron chi connectivity index (χ1n) is 8.42. The molecule has 0 fully saturated rings. The van der Waals surface area contributed by atoms with Gasteiger partial charge in [0.1, 0.15) is 5.56 Å². The van der Waals surface area contributed by atoms with Crippen molar-refractivity contribution in [1.29, 1.82) is 0 Å². The van der Waals surface area contributed by atoms with Gasteiger partial charge in [-0.2, -0.15) is 4.57 Å². The zero-order valence-electron chi connectivity index (χ0n) is 15.2. The Labute approximate surface area is 174 Å². The van der Waals surface area contributed by atoms with Crippen molar-refractivity contribution in [3.05, 3.63) is 89.2 Å². The van der Waals surface area contributed by atoms with Crippen LogP contribution in [0.2, 0.25) is 5.02 Å². The van der Waals surface area contributed by atoms with E-state index in [2.05, 4.69) is 10.6 Å². The number of nitrogens with zero attached hydrogens (tertiary/aromatic N) is 1. The molecule has 28 heavy (non-hydrogen) atoms. The minimum absolute atomic E-state index is 0. The van der Waals surface area contributed by atoms with E-state index in [9.17, 15) is 9.59 Å². The molecule has 1 heterocycles. The van der Waals surface area contributed by atoms with Crippen molar-refractivity contribution in [2.45, 2.75) is 13.5 Å². The Morgan fingerprint density at radius 2 is 1.71 bits per heavy atom. The van der Waals surface area contributed by atoms with Crippen molar-refractivity contribution in [3.8, 4) is 0 Å². The summed E-state index contributed by atoms with van der Waals surface area (Å²) in [7, 11) is 0. The molecule has 0 aliphatic carbocycles. The fraction of sp³-hybridized carbons (Fsp3) is 0.0952. The van der Waals surface area contributed by atoms with E-state index in [0.717, 1.165) is 11.3 Å². The van der Waals surface area contributed by atoms with E-state index in [-0.39, 0.29) is 30.8 Å². The van der Waals surface area contributed by atoms with Crippen LogP contribution in [0, 0.1) is 6.92 Å². The molecule has 3 rings (SSSR count). The molecule has 0 saturated carbocycles. The van der Waals surface area contributed by atoms with E-state index in [1.165, 1.54) is 0 Å². The summed E-state index contributed by atoms with van der Waals surface area (Å²) in [4.78, 5) is 24.7. The number of nitrogens with one attached hydrogen (secondary N) is 2. The van der Waals surface area contributed by atoms with Gasteiger partial charge in [-0.25, -0.2) is 0 Å². The van der Waals surface area contributed by atoms with Crippen molar-refractivity contribution in [2.75, 3.05) is 10.6 Å². The standard InChI is InChI=1S/C21H18ClN3O2.ClH/c1-15-4-2-6-19(12-15)24-21(27)16-5-3-11-25(13-16)14-20(26)23-18-9-7-17(22)8-10-18;/h2-13H,14H2,1H3,(H-,23,24,26,27);1H. The van der Waals surface area contributed by atoms with Gasteiger partial charge in [-0.3, -0.25) is 9.59 Å². The molecule has 0 spiro atoms. The Kier molecular flexibility index (Phi) is 7.55. The van der Waals surface area contributed by atoms with Crippen LogP contribution in [0.5, 0.6) is 0 Å². The van der Waals surface area contributed by atoms with Gasteiger partial charge in [0.15, 0.2) is 12.4 Å². The Morgan fingerprint density at radius 3 is 2.43 bits per heavy atom. The van der Waals surface area contributed by atoms with Crippen LogP contribution in [-0.4, -0.2) is 11.8 Å². The second-order valence-electron chi connectivity index (χ2n) is 6.14. The maximum absolute atomic E-state index is 12.4. The lowest BCUT2D eigenvalue weighted by Crippen LogP contribution is -3.00. The molecule has 2 N–H and O–H groups in total. The van der Waals surface area contributed by atoms with E-state index in [1.54, 1.807) is 53.4 Å². The number of carbonyl (C=O) groups is 2. The molecule has 0 saturated heterocycles. The SMILES string of the molecule is Cc1cccc(NC(=O)c2ccc[n+](CC(=O)Nc3ccc(Cl)cc3)c2)c1.[Cl-]. The number of carbonyl (C=O) groups excluding carboxylic acids is 2. The maximum Gasteiger partial charge on any atom is 0.290 e. The summed E-state index contributed by atoms with van der Waals surface area (Å²) >= 11 is 5.84. The number of hydrogen-bond acceptors (Lipinski definition) is 2. The Bertz CT molecular complexity index is 975. The van der Waals surface area contributed by atoms with Crippen molar-refractivity contribution in [2.24, 2.45) is 0 Å². The quantitative estimate of drug-likeness (QED) is 0.606. The number of pyridine rings is 1. The van der Waals surface area contributed by atoms with Crippen LogP contribution in [0.3, 0.4) is 0 Å². The summed E-state index contributed by atoms with van der Waals surface area (Å²) in [5.41, 5.74) is 2.93. The zero-order valence-corrected chi connectivity index (χ0v) is 16.7. The van der Waals surface area contributed by atoms with Gasteiger partial charge < -0.3 is 23.0 Å². The fourth-order valence-corrected chi connectivity index (χ4v) is 2.71. The van der Waals surface area contributed by atoms with Crippen LogP contribution in [0.25, 0.3) is 0 Å². The van der Waals surface area contributed by atoms with Crippen molar-refractivity contribution < 1.29 is 26.6 Å². The van der Waals surface area contributed by atoms with Gasteiger partial charge in [0.05, 0.1) is 0 Å². The number of rotatable bonds is 5. The third kappa shape index (κ3) is 6.08. The summed E-state index contributed by atoms with van der Waals surface area (Å²) < 4.78 is 1.66. The number of amides is 2. The van der Waals surface area contributed by atoms with Gasteiger partial charge in [0.25, 0.3) is 11.8 Å². The number of aryl methyl sites for hydroxylation is 1. The molecule has 0 aliphatic rings. The van der Waals surface area contributed by atoms with Gasteiger partial charge in [-0.05, 0) is 55.0 Å². The normalized spacial score (nSPS) is 9.93. The first kappa shape index (κ1) is 21.4. The van der Waals surface area contributed by atoms with E-state index in [4.69, 9.17) is 11.6 Å². The molecule has 0 atom stereocenters. The molecule has 2 amide bonds. The number of halogens is 2. The van der Waals surface area contributed by atoms with Crippen molar-refractivity contribution in [1.82, 2.24) is 0 Å². The van der Waals surface area contributed by atoms with Gasteiger partial charge in [0, 0.05) is 22.5 Å². The van der Waals surface area contributed by atoms with Crippen LogP contribution < -0.4 is 27.6 Å². The van der Waals surface area contributed by atoms with Crippen molar-refractivity contribution >= 4 is 34.8 Å². The lowest BCUT2D eigenvalue weighted by atomic mass is 10.2. The minimum atomic E-state index is -0.229. The van der Waals surface area contributed by atoms with E-state index in [0.29, 0.717) is 16.3 Å². The van der Waals surface area contributed by atoms with Crippen molar-refractivity contribution in [3.63, 3.8) is 0 Å². The van der Waals surface area contributed by atoms with E-state index >= 15 is 0 Å². The Morgan fingerprint density at radius 1 is 0.964 bits per heavy atom. The van der Waals surface area contributed by atoms with E-state index in [1.807, 2.05) is 31.2 Å². The zero-order chi connectivity index (χ0) is 19.2. The second-order valence-corrected chi connectivity index (χ2v) is 6.58. The Balaban J connectivity index is 0.00000280. The molecule has 0 aliphatic heterocycles. The smallest absolute Gasteiger partial charge is 0.290 e. The Hall–Kier alpha value is -2.89. The average molecular weight is 416 g/mol. The predicted molar refractivity (Wildman–Crippen MR) is 106 cm³/mol. The highest BCUT2D eigenvalue weighted by Crippen LogP contribution is 2.13. The molecular weight excluding hydrogens is 397 g/mol. The predicted octanol–water partition coefficient (Wildman–Crippen LogP) is 0.831. The average Bonchev–Trinajstić information content (AvgIpc) is 2.64. The summed E-state index contributed by atoms with van der Waals surface area (Å²) in [6, 6.07) is 17.9.